The molecule has 2 amide bonds. The summed E-state index contributed by atoms with van der Waals surface area (Å²) in [6, 6.07) is 3.14. The predicted octanol–water partition coefficient (Wildman–Crippen LogP) is 3.00. The maximum absolute atomic E-state index is 13.4. The van der Waals surface area contributed by atoms with Crippen LogP contribution in [0.2, 0.25) is 0 Å². The maximum atomic E-state index is 13.4. The molecule has 0 aliphatic heterocycles. The van der Waals surface area contributed by atoms with Crippen molar-refractivity contribution < 1.29 is 9.59 Å². The third-order valence-electron chi connectivity index (χ3n) is 6.76. The highest BCUT2D eigenvalue weighted by molar-refractivity contribution is 6.00. The van der Waals surface area contributed by atoms with Gasteiger partial charge < -0.3 is 15.6 Å². The summed E-state index contributed by atoms with van der Waals surface area (Å²) in [5.74, 6) is 0.702. The molecular weight excluding hydrogens is 418 g/mol. The number of nitrogens with zero attached hydrogens (tertiary/aromatic N) is 4. The molecule has 172 valence electrons. The minimum Gasteiger partial charge on any atom is -0.364 e. The van der Waals surface area contributed by atoms with Crippen molar-refractivity contribution in [2.75, 3.05) is 5.32 Å². The number of aryl methyl sites for hydroxylation is 3. The lowest BCUT2D eigenvalue weighted by Gasteiger charge is -2.27. The minimum atomic E-state index is -0.622. The van der Waals surface area contributed by atoms with Gasteiger partial charge >= 0.3 is 0 Å². The number of pyridine rings is 1. The van der Waals surface area contributed by atoms with E-state index in [0.717, 1.165) is 48.2 Å². The molecule has 9 heteroatoms. The molecule has 0 saturated heterocycles. The Kier molecular flexibility index (Phi) is 5.47. The number of rotatable bonds is 8. The summed E-state index contributed by atoms with van der Waals surface area (Å²) in [6.07, 6.45) is 9.40. The Morgan fingerprint density at radius 3 is 2.36 bits per heavy atom. The highest BCUT2D eigenvalue weighted by Crippen LogP contribution is 2.50. The lowest BCUT2D eigenvalue weighted by molar-refractivity contribution is -0.119. The van der Waals surface area contributed by atoms with Crippen LogP contribution in [0.15, 0.2) is 30.9 Å². The summed E-state index contributed by atoms with van der Waals surface area (Å²) < 4.78 is 1.42. The monoisotopic (exact) mass is 447 g/mol. The van der Waals surface area contributed by atoms with Gasteiger partial charge in [0.05, 0.1) is 17.6 Å². The average molecular weight is 448 g/mol. The molecule has 0 unspecified atom stereocenters. The van der Waals surface area contributed by atoms with Gasteiger partial charge in [0.25, 0.3) is 5.91 Å². The normalized spacial score (nSPS) is 16.6. The van der Waals surface area contributed by atoms with Crippen molar-refractivity contribution in [3.63, 3.8) is 0 Å². The van der Waals surface area contributed by atoms with Crippen LogP contribution in [0.25, 0.3) is 11.3 Å². The van der Waals surface area contributed by atoms with Gasteiger partial charge in [0.2, 0.25) is 11.7 Å². The van der Waals surface area contributed by atoms with Crippen molar-refractivity contribution in [2.24, 2.45) is 24.8 Å². The SMILES string of the molecule is Cc1c[nH]c(C)c1-c1ccc(NC(=O)[C@@H](NC(=O)c2ncnn2C)C(C2CC2)C2CC2)cn1. The number of aromatic amines is 1. The number of carbonyl (C=O) groups excluding carboxylic acids is 2. The highest BCUT2D eigenvalue weighted by Gasteiger charge is 2.48. The first-order valence-electron chi connectivity index (χ1n) is 11.5. The second-order valence-corrected chi connectivity index (χ2v) is 9.30. The number of amides is 2. The van der Waals surface area contributed by atoms with E-state index in [2.05, 4.69) is 30.7 Å². The van der Waals surface area contributed by atoms with Gasteiger partial charge in [-0.2, -0.15) is 5.10 Å². The largest absolute Gasteiger partial charge is 0.364 e. The smallest absolute Gasteiger partial charge is 0.289 e. The van der Waals surface area contributed by atoms with Gasteiger partial charge in [-0.25, -0.2) is 9.67 Å². The molecule has 2 aliphatic carbocycles. The quantitative estimate of drug-likeness (QED) is 0.491. The molecule has 2 aliphatic rings. The first-order valence-corrected chi connectivity index (χ1v) is 11.5. The lowest BCUT2D eigenvalue weighted by atomic mass is 9.88. The van der Waals surface area contributed by atoms with Gasteiger partial charge in [-0.05, 0) is 75.0 Å². The predicted molar refractivity (Wildman–Crippen MR) is 123 cm³/mol. The number of carbonyl (C=O) groups is 2. The zero-order chi connectivity index (χ0) is 23.1. The van der Waals surface area contributed by atoms with E-state index in [9.17, 15) is 9.59 Å². The van der Waals surface area contributed by atoms with Crippen LogP contribution >= 0.6 is 0 Å². The molecule has 0 bridgehead atoms. The molecule has 0 radical (unpaired) electrons. The van der Waals surface area contributed by atoms with Crippen molar-refractivity contribution in [1.29, 1.82) is 0 Å². The second-order valence-electron chi connectivity index (χ2n) is 9.30. The van der Waals surface area contributed by atoms with E-state index in [4.69, 9.17) is 0 Å². The van der Waals surface area contributed by atoms with Gasteiger partial charge in [0.15, 0.2) is 0 Å². The van der Waals surface area contributed by atoms with Crippen LogP contribution in [0, 0.1) is 31.6 Å². The molecule has 33 heavy (non-hydrogen) atoms. The van der Waals surface area contributed by atoms with Crippen LogP contribution in [0.1, 0.15) is 47.6 Å². The van der Waals surface area contributed by atoms with Gasteiger partial charge in [0.1, 0.15) is 12.4 Å². The summed E-state index contributed by atoms with van der Waals surface area (Å²) >= 11 is 0. The summed E-state index contributed by atoms with van der Waals surface area (Å²) in [4.78, 5) is 38.1. The first kappa shape index (κ1) is 21.4. The summed E-state index contributed by atoms with van der Waals surface area (Å²) in [5.41, 5.74) is 4.72. The van der Waals surface area contributed by atoms with E-state index in [1.807, 2.05) is 32.2 Å². The molecule has 0 aromatic carbocycles. The van der Waals surface area contributed by atoms with Crippen LogP contribution in [0.5, 0.6) is 0 Å². The summed E-state index contributed by atoms with van der Waals surface area (Å²) in [5, 5.41) is 9.93. The van der Waals surface area contributed by atoms with Crippen molar-refractivity contribution in [3.8, 4) is 11.3 Å². The number of hydrogen-bond donors (Lipinski definition) is 3. The van der Waals surface area contributed by atoms with Crippen molar-refractivity contribution in [1.82, 2.24) is 30.0 Å². The van der Waals surface area contributed by atoms with Crippen molar-refractivity contribution in [2.45, 2.75) is 45.6 Å². The fraction of sp³-hybridized carbons (Fsp3) is 0.458. The molecule has 3 aromatic rings. The van der Waals surface area contributed by atoms with Gasteiger partial charge in [-0.1, -0.05) is 0 Å². The molecule has 3 aromatic heterocycles. The first-order chi connectivity index (χ1) is 15.9. The van der Waals surface area contributed by atoms with E-state index in [1.54, 1.807) is 13.2 Å². The maximum Gasteiger partial charge on any atom is 0.289 e. The molecule has 1 atom stereocenters. The average Bonchev–Trinajstić information content (AvgIpc) is 3.72. The zero-order valence-electron chi connectivity index (χ0n) is 19.1. The fourth-order valence-electron chi connectivity index (χ4n) is 4.82. The van der Waals surface area contributed by atoms with Crippen LogP contribution in [-0.4, -0.2) is 42.6 Å². The Bertz CT molecular complexity index is 1140. The van der Waals surface area contributed by atoms with E-state index in [-0.39, 0.29) is 23.6 Å². The van der Waals surface area contributed by atoms with E-state index in [0.29, 0.717) is 17.5 Å². The Hall–Kier alpha value is -3.49. The number of nitrogens with one attached hydrogen (secondary N) is 3. The lowest BCUT2D eigenvalue weighted by Crippen LogP contribution is -2.50. The Labute approximate surface area is 192 Å². The molecule has 3 N–H and O–H groups in total. The number of hydrogen-bond acceptors (Lipinski definition) is 5. The Morgan fingerprint density at radius 1 is 1.12 bits per heavy atom. The Morgan fingerprint density at radius 2 is 1.85 bits per heavy atom. The minimum absolute atomic E-state index is 0.138. The number of H-pyrrole nitrogens is 1. The highest BCUT2D eigenvalue weighted by atomic mass is 16.2. The van der Waals surface area contributed by atoms with Gasteiger partial charge in [0, 0.05) is 24.5 Å². The number of aromatic nitrogens is 5. The molecule has 3 heterocycles. The zero-order valence-corrected chi connectivity index (χ0v) is 19.1. The topological polar surface area (TPSA) is 118 Å². The van der Waals surface area contributed by atoms with Gasteiger partial charge in [-0.3, -0.25) is 14.6 Å². The van der Waals surface area contributed by atoms with Crippen LogP contribution < -0.4 is 10.6 Å². The molecule has 0 spiro atoms. The van der Waals surface area contributed by atoms with E-state index in [1.165, 1.54) is 11.0 Å². The van der Waals surface area contributed by atoms with E-state index < -0.39 is 6.04 Å². The second kappa shape index (κ2) is 8.46. The van der Waals surface area contributed by atoms with Crippen LogP contribution in [0.4, 0.5) is 5.69 Å². The van der Waals surface area contributed by atoms with Crippen molar-refractivity contribution in [3.05, 3.63) is 47.9 Å². The summed E-state index contributed by atoms with van der Waals surface area (Å²) in [6.45, 7) is 4.05. The molecule has 9 nitrogen and oxygen atoms in total. The molecule has 5 rings (SSSR count). The third-order valence-corrected chi connectivity index (χ3v) is 6.76. The van der Waals surface area contributed by atoms with E-state index >= 15 is 0 Å². The molecule has 2 saturated carbocycles. The van der Waals surface area contributed by atoms with Crippen LogP contribution in [-0.2, 0) is 11.8 Å². The van der Waals surface area contributed by atoms with Crippen molar-refractivity contribution >= 4 is 17.5 Å². The standard InChI is InChI=1S/C24H29N7O2/c1-13-10-25-14(2)19(13)18-9-8-17(11-26-18)29-23(32)21(20(15-4-5-15)16-6-7-16)30-24(33)22-27-12-28-31(22)3/h8-12,15-16,20-21,25H,4-7H2,1-3H3,(H,29,32)(H,30,33)/t21-/m0/s1. The Balaban J connectivity index is 1.35. The van der Waals surface area contributed by atoms with Crippen LogP contribution in [0.3, 0.4) is 0 Å². The third kappa shape index (κ3) is 4.40. The molecular formula is C24H29N7O2. The molecule has 2 fully saturated rings. The number of anilines is 1. The fourth-order valence-corrected chi connectivity index (χ4v) is 4.82. The summed E-state index contributed by atoms with van der Waals surface area (Å²) in [7, 11) is 1.66. The van der Waals surface area contributed by atoms with Gasteiger partial charge in [-0.15, -0.1) is 0 Å².